The molecule has 8 rings (SSSR count). The molecular formula is C63H91ClNa4O12P2. The Bertz CT molecular complexity index is 2490. The average molecular weight is 1230 g/mol. The minimum atomic E-state index is -5.02. The molecule has 8 atom stereocenters. The number of phosphoric acid groups is 2. The second-order valence-corrected chi connectivity index (χ2v) is 25.3. The minimum absolute atomic E-state index is 0. The second-order valence-electron chi connectivity index (χ2n) is 22.8. The zero-order valence-corrected chi connectivity index (χ0v) is 63.2. The Morgan fingerprint density at radius 3 is 0.915 bits per heavy atom. The molecular weight excluding hydrogens is 1140 g/mol. The summed E-state index contributed by atoms with van der Waals surface area (Å²) in [5, 5.41) is 10.3. The number of halogens is 1. The Morgan fingerprint density at radius 2 is 0.659 bits per heavy atom. The number of hydrogen-bond acceptors (Lipinski definition) is 12. The van der Waals surface area contributed by atoms with Crippen molar-refractivity contribution in [2.24, 2.45) is 23.7 Å². The molecule has 4 fully saturated rings. The van der Waals surface area contributed by atoms with Gasteiger partial charge in [-0.1, -0.05) is 167 Å². The van der Waals surface area contributed by atoms with Gasteiger partial charge in [0, 0.05) is 0 Å². The summed E-state index contributed by atoms with van der Waals surface area (Å²) >= 11 is 5.81. The van der Waals surface area contributed by atoms with Crippen LogP contribution in [-0.4, -0.2) is 24.8 Å². The predicted octanol–water partition coefficient (Wildman–Crippen LogP) is 3.51. The van der Waals surface area contributed by atoms with E-state index in [4.69, 9.17) is 25.8 Å². The molecule has 0 heterocycles. The van der Waals surface area contributed by atoms with Crippen molar-refractivity contribution in [3.63, 3.8) is 0 Å². The van der Waals surface area contributed by atoms with Crippen molar-refractivity contribution in [3.05, 3.63) is 117 Å². The van der Waals surface area contributed by atoms with Crippen molar-refractivity contribution in [1.82, 2.24) is 0 Å². The topological polar surface area (TPSA) is 193 Å². The van der Waals surface area contributed by atoms with Crippen molar-refractivity contribution < 1.29 is 175 Å². The number of ether oxygens (including phenoxy) is 3. The SMILES string of the molecule is CCC(C)c1cccc(C(C)C2CC2)c1O.CCC(C)c1cccc(C(C)C2CC2)c1OCCl.CCC(C)c1cccc(C(C)C2CC2)c1OCOP(=O)([O-])[O-].CCC(C)c1cccc(C(C)C2CC2)c1OCOP(=O)([O-])[O-].[Na+].[Na+].[Na+].[Na+]. The van der Waals surface area contributed by atoms with Crippen LogP contribution in [0.15, 0.2) is 72.8 Å². The van der Waals surface area contributed by atoms with Crippen molar-refractivity contribution in [1.29, 1.82) is 0 Å². The van der Waals surface area contributed by atoms with Crippen LogP contribution in [0, 0.1) is 23.7 Å². The van der Waals surface area contributed by atoms with Crippen molar-refractivity contribution >= 4 is 27.2 Å². The Hall–Kier alpha value is 0.590. The molecule has 0 spiro atoms. The van der Waals surface area contributed by atoms with E-state index in [0.29, 0.717) is 64.6 Å². The number of para-hydroxylation sites is 4. The summed E-state index contributed by atoms with van der Waals surface area (Å²) in [6, 6.07) is 25.0. The van der Waals surface area contributed by atoms with E-state index >= 15 is 0 Å². The van der Waals surface area contributed by atoms with Gasteiger partial charge >= 0.3 is 118 Å². The molecule has 436 valence electrons. The van der Waals surface area contributed by atoms with Crippen LogP contribution in [0.1, 0.15) is 252 Å². The second kappa shape index (κ2) is 39.0. The van der Waals surface area contributed by atoms with Gasteiger partial charge in [-0.15, -0.1) is 0 Å². The van der Waals surface area contributed by atoms with Crippen LogP contribution in [0.5, 0.6) is 23.0 Å². The van der Waals surface area contributed by atoms with E-state index in [1.807, 2.05) is 36.4 Å². The number of rotatable bonds is 26. The zero-order chi connectivity index (χ0) is 57.5. The van der Waals surface area contributed by atoms with E-state index in [1.54, 1.807) is 0 Å². The first kappa shape index (κ1) is 80.6. The third-order valence-electron chi connectivity index (χ3n) is 17.2. The normalized spacial score (nSPS) is 17.5. The molecule has 4 aliphatic rings. The van der Waals surface area contributed by atoms with Crippen LogP contribution in [0.2, 0.25) is 0 Å². The Labute approximate surface area is 586 Å². The average Bonchev–Trinajstić information content (AvgIpc) is 4.19. The molecule has 0 aromatic heterocycles. The molecule has 4 aromatic rings. The monoisotopic (exact) mass is 1230 g/mol. The van der Waals surface area contributed by atoms with Crippen LogP contribution in [0.25, 0.3) is 0 Å². The van der Waals surface area contributed by atoms with Crippen LogP contribution in [-0.2, 0) is 18.2 Å². The van der Waals surface area contributed by atoms with Crippen LogP contribution in [0.4, 0.5) is 0 Å². The van der Waals surface area contributed by atoms with Crippen molar-refractivity contribution in [2.75, 3.05) is 19.7 Å². The number of phosphoric ester groups is 2. The fourth-order valence-electron chi connectivity index (χ4n) is 10.4. The van der Waals surface area contributed by atoms with Gasteiger partial charge in [0.05, 0.1) is 15.6 Å². The van der Waals surface area contributed by atoms with Gasteiger partial charge in [-0.05, 0) is 193 Å². The van der Waals surface area contributed by atoms with Gasteiger partial charge in [0.1, 0.15) is 23.0 Å². The third-order valence-corrected chi connectivity index (χ3v) is 18.2. The number of benzene rings is 4. The Morgan fingerprint density at radius 1 is 0.427 bits per heavy atom. The standard InChI is InChI=1S/C16H23ClO.2C16H25O5P.C15H22O.4Na/c1-4-11(2)14-6-5-7-15(16(14)18-10-17)12(3)13-8-9-13;2*1-4-11(2)14-6-5-7-15(12(3)13-8-9-13)16(14)20-10-21-22(17,18)19;1-4-10(2)13-6-5-7-14(15(13)16)11(3)12-8-9-12;;;;/h5-7,11-13H,4,8-10H2,1-3H3;2*5-7,11-13H,4,8-10H2,1-3H3,(H2,17,18,19);5-7,10-12,16H,4,8-9H2,1-3H3;;;;/q;;;;4*+1/p-4. The minimum Gasteiger partial charge on any atom is -0.790 e. The first-order valence-electron chi connectivity index (χ1n) is 29.0. The molecule has 0 bridgehead atoms. The summed E-state index contributed by atoms with van der Waals surface area (Å²) < 4.78 is 46.6. The Balaban J connectivity index is 0.000000542. The zero-order valence-electron chi connectivity index (χ0n) is 52.7. The molecule has 0 radical (unpaired) electrons. The molecule has 4 aliphatic carbocycles. The van der Waals surface area contributed by atoms with E-state index < -0.39 is 29.2 Å². The Kier molecular flexibility index (Phi) is 38.3. The van der Waals surface area contributed by atoms with E-state index in [2.05, 4.69) is 129 Å². The maximum absolute atomic E-state index is 10.6. The fraction of sp³-hybridized carbons (Fsp3) is 0.619. The van der Waals surface area contributed by atoms with Gasteiger partial charge in [-0.3, -0.25) is 0 Å². The largest absolute Gasteiger partial charge is 1.00 e. The van der Waals surface area contributed by atoms with Gasteiger partial charge in [0.15, 0.2) is 19.7 Å². The summed E-state index contributed by atoms with van der Waals surface area (Å²) in [4.78, 5) is 42.4. The molecule has 82 heavy (non-hydrogen) atoms. The van der Waals surface area contributed by atoms with Crippen molar-refractivity contribution in [3.8, 4) is 23.0 Å². The third kappa shape index (κ3) is 25.5. The number of phenols is 1. The van der Waals surface area contributed by atoms with Gasteiger partial charge in [-0.25, -0.2) is 0 Å². The molecule has 12 nitrogen and oxygen atoms in total. The summed E-state index contributed by atoms with van der Waals surface area (Å²) in [6.07, 6.45) is 14.3. The fourth-order valence-corrected chi connectivity index (χ4v) is 10.9. The van der Waals surface area contributed by atoms with E-state index in [9.17, 15) is 33.8 Å². The summed E-state index contributed by atoms with van der Waals surface area (Å²) in [6.45, 7) is 24.9. The summed E-state index contributed by atoms with van der Waals surface area (Å²) in [5.41, 5.74) is 9.11. The summed E-state index contributed by atoms with van der Waals surface area (Å²) in [7, 11) is -10.0. The molecule has 4 aromatic carbocycles. The van der Waals surface area contributed by atoms with Crippen LogP contribution >= 0.6 is 27.2 Å². The number of phenolic OH excluding ortho intramolecular Hbond substituents is 1. The first-order chi connectivity index (χ1) is 37.0. The van der Waals surface area contributed by atoms with E-state index in [0.717, 1.165) is 76.6 Å². The van der Waals surface area contributed by atoms with Crippen LogP contribution < -0.4 is 152 Å². The summed E-state index contributed by atoms with van der Waals surface area (Å²) in [5.74, 6) is 9.24. The number of alkyl halides is 1. The smallest absolute Gasteiger partial charge is 0.790 e. The van der Waals surface area contributed by atoms with Gasteiger partial charge < -0.3 is 57.1 Å². The first-order valence-corrected chi connectivity index (χ1v) is 32.4. The van der Waals surface area contributed by atoms with Gasteiger partial charge in [-0.2, -0.15) is 0 Å². The molecule has 8 unspecified atom stereocenters. The maximum Gasteiger partial charge on any atom is 1.00 e. The molecule has 1 N–H and O–H groups in total. The predicted molar refractivity (Wildman–Crippen MR) is 307 cm³/mol. The van der Waals surface area contributed by atoms with E-state index in [1.165, 1.54) is 62.5 Å². The molecule has 0 aliphatic heterocycles. The molecule has 4 saturated carbocycles. The molecule has 0 amide bonds. The van der Waals surface area contributed by atoms with E-state index in [-0.39, 0.29) is 136 Å². The molecule has 0 saturated heterocycles. The quantitative estimate of drug-likeness (QED) is 0.0417. The van der Waals surface area contributed by atoms with Gasteiger partial charge in [0.2, 0.25) is 0 Å². The molecule has 19 heteroatoms. The van der Waals surface area contributed by atoms with Crippen LogP contribution in [0.3, 0.4) is 0 Å². The number of aromatic hydroxyl groups is 1. The maximum atomic E-state index is 10.6. The van der Waals surface area contributed by atoms with Crippen molar-refractivity contribution in [2.45, 2.75) is 207 Å². The van der Waals surface area contributed by atoms with Gasteiger partial charge in [0.25, 0.3) is 0 Å². The number of hydrogen-bond donors (Lipinski definition) is 1.